The van der Waals surface area contributed by atoms with Crippen molar-refractivity contribution in [3.63, 3.8) is 0 Å². The van der Waals surface area contributed by atoms with Crippen molar-refractivity contribution >= 4 is 15.8 Å². The number of rotatable bonds is 5. The third kappa shape index (κ3) is 1.95. The Labute approximate surface area is 112 Å². The lowest BCUT2D eigenvalue weighted by Crippen LogP contribution is -2.32. The molecule has 5 nitrogen and oxygen atoms in total. The van der Waals surface area contributed by atoms with Crippen molar-refractivity contribution < 1.29 is 18.3 Å². The zero-order chi connectivity index (χ0) is 14.3. The van der Waals surface area contributed by atoms with Crippen molar-refractivity contribution in [2.75, 3.05) is 12.3 Å². The SMILES string of the molecule is CCS(=O)(=O)C1C(c2ccccc2)C1(CN)C(=O)O. The topological polar surface area (TPSA) is 97.5 Å². The molecular weight excluding hydrogens is 266 g/mol. The molecule has 3 atom stereocenters. The first-order chi connectivity index (χ1) is 8.91. The van der Waals surface area contributed by atoms with Crippen molar-refractivity contribution in [2.24, 2.45) is 11.1 Å². The van der Waals surface area contributed by atoms with E-state index in [4.69, 9.17) is 5.73 Å². The smallest absolute Gasteiger partial charge is 0.312 e. The molecule has 0 spiro atoms. The van der Waals surface area contributed by atoms with Crippen LogP contribution in [0.1, 0.15) is 18.4 Å². The molecule has 19 heavy (non-hydrogen) atoms. The lowest BCUT2D eigenvalue weighted by molar-refractivity contribution is -0.143. The minimum absolute atomic E-state index is 0.0734. The van der Waals surface area contributed by atoms with Crippen LogP contribution in [0.25, 0.3) is 0 Å². The molecule has 0 aliphatic heterocycles. The Balaban J connectivity index is 2.51. The predicted molar refractivity (Wildman–Crippen MR) is 71.6 cm³/mol. The van der Waals surface area contributed by atoms with Gasteiger partial charge in [0.1, 0.15) is 5.41 Å². The highest BCUT2D eigenvalue weighted by Crippen LogP contribution is 2.62. The molecule has 6 heteroatoms. The number of sulfone groups is 1. The van der Waals surface area contributed by atoms with Gasteiger partial charge in [-0.3, -0.25) is 4.79 Å². The van der Waals surface area contributed by atoms with Gasteiger partial charge in [0.2, 0.25) is 0 Å². The molecule has 3 N–H and O–H groups in total. The molecular formula is C13H17NO4S. The normalized spacial score (nSPS) is 30.0. The van der Waals surface area contributed by atoms with Crippen LogP contribution in [-0.2, 0) is 14.6 Å². The van der Waals surface area contributed by atoms with E-state index in [1.54, 1.807) is 30.3 Å². The van der Waals surface area contributed by atoms with Crippen molar-refractivity contribution in [2.45, 2.75) is 18.1 Å². The average molecular weight is 283 g/mol. The molecule has 1 aromatic rings. The monoisotopic (exact) mass is 283 g/mol. The average Bonchev–Trinajstić information content (AvgIpc) is 3.11. The number of hydrogen-bond acceptors (Lipinski definition) is 4. The Bertz CT molecular complexity index is 584. The second kappa shape index (κ2) is 4.61. The molecule has 104 valence electrons. The zero-order valence-corrected chi connectivity index (χ0v) is 11.4. The molecule has 1 aliphatic carbocycles. The highest BCUT2D eigenvalue weighted by Gasteiger charge is 2.74. The van der Waals surface area contributed by atoms with Crippen LogP contribution >= 0.6 is 0 Å². The molecule has 1 fully saturated rings. The first-order valence-corrected chi connectivity index (χ1v) is 7.83. The van der Waals surface area contributed by atoms with Gasteiger partial charge in [-0.25, -0.2) is 8.42 Å². The fourth-order valence-corrected chi connectivity index (χ4v) is 4.91. The van der Waals surface area contributed by atoms with E-state index in [0.29, 0.717) is 0 Å². The third-order valence-corrected chi connectivity index (χ3v) is 6.21. The van der Waals surface area contributed by atoms with E-state index in [1.807, 2.05) is 0 Å². The molecule has 0 bridgehead atoms. The van der Waals surface area contributed by atoms with Crippen molar-refractivity contribution in [1.29, 1.82) is 0 Å². The van der Waals surface area contributed by atoms with Gasteiger partial charge in [-0.1, -0.05) is 37.3 Å². The summed E-state index contributed by atoms with van der Waals surface area (Å²) in [4.78, 5) is 11.5. The van der Waals surface area contributed by atoms with E-state index in [9.17, 15) is 18.3 Å². The lowest BCUT2D eigenvalue weighted by Gasteiger charge is -2.09. The van der Waals surface area contributed by atoms with Gasteiger partial charge < -0.3 is 10.8 Å². The zero-order valence-electron chi connectivity index (χ0n) is 10.6. The number of carboxylic acids is 1. The molecule has 1 saturated carbocycles. The fraction of sp³-hybridized carbons (Fsp3) is 0.462. The van der Waals surface area contributed by atoms with E-state index in [1.165, 1.54) is 6.92 Å². The minimum Gasteiger partial charge on any atom is -0.481 e. The maximum Gasteiger partial charge on any atom is 0.312 e. The number of carboxylic acid groups (broad SMARTS) is 1. The molecule has 1 aliphatic rings. The third-order valence-electron chi connectivity index (χ3n) is 3.94. The summed E-state index contributed by atoms with van der Waals surface area (Å²) in [5, 5.41) is 8.50. The summed E-state index contributed by atoms with van der Waals surface area (Å²) in [7, 11) is -3.45. The van der Waals surface area contributed by atoms with E-state index < -0.39 is 32.4 Å². The molecule has 0 amide bonds. The molecule has 0 radical (unpaired) electrons. The molecule has 0 heterocycles. The summed E-state index contributed by atoms with van der Waals surface area (Å²) in [6, 6.07) is 8.85. The number of benzene rings is 1. The maximum atomic E-state index is 12.1. The van der Waals surface area contributed by atoms with Gasteiger partial charge in [0.05, 0.1) is 5.25 Å². The highest BCUT2D eigenvalue weighted by atomic mass is 32.2. The van der Waals surface area contributed by atoms with Gasteiger partial charge in [-0.15, -0.1) is 0 Å². The van der Waals surface area contributed by atoms with Crippen LogP contribution in [0.3, 0.4) is 0 Å². The Morgan fingerprint density at radius 2 is 1.95 bits per heavy atom. The summed E-state index contributed by atoms with van der Waals surface area (Å²) < 4.78 is 24.2. The molecule has 0 saturated heterocycles. The number of aliphatic carboxylic acids is 1. The van der Waals surface area contributed by atoms with Crippen LogP contribution in [0.15, 0.2) is 30.3 Å². The van der Waals surface area contributed by atoms with Gasteiger partial charge in [0, 0.05) is 18.2 Å². The van der Waals surface area contributed by atoms with Gasteiger partial charge in [-0.2, -0.15) is 0 Å². The molecule has 0 aromatic heterocycles. The van der Waals surface area contributed by atoms with Gasteiger partial charge in [0.15, 0.2) is 9.84 Å². The highest BCUT2D eigenvalue weighted by molar-refractivity contribution is 7.92. The van der Waals surface area contributed by atoms with Gasteiger partial charge in [-0.05, 0) is 5.56 Å². The summed E-state index contributed by atoms with van der Waals surface area (Å²) in [5.74, 6) is -1.76. The Morgan fingerprint density at radius 3 is 2.37 bits per heavy atom. The second-order valence-corrected chi connectivity index (χ2v) is 7.22. The van der Waals surface area contributed by atoms with Crippen LogP contribution < -0.4 is 5.73 Å². The molecule has 2 rings (SSSR count). The van der Waals surface area contributed by atoms with Crippen LogP contribution in [0, 0.1) is 5.41 Å². The second-order valence-electron chi connectivity index (χ2n) is 4.81. The van der Waals surface area contributed by atoms with E-state index in [2.05, 4.69) is 0 Å². The Morgan fingerprint density at radius 1 is 1.37 bits per heavy atom. The van der Waals surface area contributed by atoms with Gasteiger partial charge in [0.25, 0.3) is 0 Å². The van der Waals surface area contributed by atoms with Crippen LogP contribution in [0.2, 0.25) is 0 Å². The van der Waals surface area contributed by atoms with E-state index in [0.717, 1.165) is 5.56 Å². The van der Waals surface area contributed by atoms with Crippen molar-refractivity contribution in [3.8, 4) is 0 Å². The summed E-state index contributed by atoms with van der Waals surface area (Å²) >= 11 is 0. The predicted octanol–water partition coefficient (Wildman–Crippen LogP) is 0.617. The van der Waals surface area contributed by atoms with Crippen molar-refractivity contribution in [1.82, 2.24) is 0 Å². The van der Waals surface area contributed by atoms with Crippen LogP contribution in [-0.4, -0.2) is 37.0 Å². The Kier molecular flexibility index (Phi) is 3.40. The number of nitrogens with two attached hydrogens (primary N) is 1. The molecule has 1 aromatic carbocycles. The standard InChI is InChI=1S/C13H17NO4S/c1-2-19(17,18)11-10(9-6-4-3-5-7-9)13(11,8-14)12(15)16/h3-7,10-11H,2,8,14H2,1H3,(H,15,16). The van der Waals surface area contributed by atoms with Crippen molar-refractivity contribution in [3.05, 3.63) is 35.9 Å². The lowest BCUT2D eigenvalue weighted by atomic mass is 9.99. The largest absolute Gasteiger partial charge is 0.481 e. The van der Waals surface area contributed by atoms with E-state index in [-0.39, 0.29) is 12.3 Å². The first-order valence-electron chi connectivity index (χ1n) is 6.11. The fourth-order valence-electron chi connectivity index (χ4n) is 2.83. The van der Waals surface area contributed by atoms with Gasteiger partial charge >= 0.3 is 5.97 Å². The number of hydrogen-bond donors (Lipinski definition) is 2. The summed E-state index contributed by atoms with van der Waals surface area (Å²) in [5.41, 5.74) is 4.93. The van der Waals surface area contributed by atoms with E-state index >= 15 is 0 Å². The Hall–Kier alpha value is -1.40. The van der Waals surface area contributed by atoms with Crippen LogP contribution in [0.5, 0.6) is 0 Å². The summed E-state index contributed by atoms with van der Waals surface area (Å²) in [6.07, 6.45) is 0. The van der Waals surface area contributed by atoms with Crippen LogP contribution in [0.4, 0.5) is 0 Å². The maximum absolute atomic E-state index is 12.1. The number of carbonyl (C=O) groups is 1. The summed E-state index contributed by atoms with van der Waals surface area (Å²) in [6.45, 7) is 1.35. The molecule has 3 unspecified atom stereocenters. The first kappa shape index (κ1) is 14.0. The minimum atomic E-state index is -3.45. The quantitative estimate of drug-likeness (QED) is 0.825.